The number of amides is 1. The third kappa shape index (κ3) is 2.47. The van der Waals surface area contributed by atoms with Crippen molar-refractivity contribution in [2.45, 2.75) is 44.3 Å². The van der Waals surface area contributed by atoms with Gasteiger partial charge in [0.15, 0.2) is 0 Å². The molecule has 0 spiro atoms. The summed E-state index contributed by atoms with van der Waals surface area (Å²) in [5.41, 5.74) is 3.48. The van der Waals surface area contributed by atoms with Crippen molar-refractivity contribution >= 4 is 5.91 Å². The molecule has 112 valence electrons. The molecule has 2 N–H and O–H groups in total. The van der Waals surface area contributed by atoms with Crippen molar-refractivity contribution < 1.29 is 4.79 Å². The normalized spacial score (nSPS) is 28.2. The number of carbonyl (C=O) groups is 1. The number of benzene rings is 1. The number of nitrogens with zero attached hydrogens (tertiary/aromatic N) is 1. The molecule has 2 atom stereocenters. The van der Waals surface area contributed by atoms with Gasteiger partial charge in [0, 0.05) is 30.7 Å². The van der Waals surface area contributed by atoms with Crippen LogP contribution >= 0.6 is 0 Å². The van der Waals surface area contributed by atoms with E-state index in [1.54, 1.807) is 0 Å². The SMILES string of the molecule is O=C(NC1CCN2CCCC12)c1ccc2c(c1)CNCC2. The highest BCUT2D eigenvalue weighted by Gasteiger charge is 2.37. The van der Waals surface area contributed by atoms with Crippen molar-refractivity contribution in [1.29, 1.82) is 0 Å². The second kappa shape index (κ2) is 5.43. The summed E-state index contributed by atoms with van der Waals surface area (Å²) in [7, 11) is 0. The summed E-state index contributed by atoms with van der Waals surface area (Å²) >= 11 is 0. The number of hydrogen-bond donors (Lipinski definition) is 2. The van der Waals surface area contributed by atoms with Crippen molar-refractivity contribution in [3.63, 3.8) is 0 Å². The first-order valence-electron chi connectivity index (χ1n) is 8.19. The predicted molar refractivity (Wildman–Crippen MR) is 82.3 cm³/mol. The summed E-state index contributed by atoms with van der Waals surface area (Å²) in [6.07, 6.45) is 4.68. The minimum Gasteiger partial charge on any atom is -0.348 e. The topological polar surface area (TPSA) is 44.4 Å². The molecule has 3 heterocycles. The van der Waals surface area contributed by atoms with Crippen LogP contribution < -0.4 is 10.6 Å². The molecule has 0 radical (unpaired) electrons. The smallest absolute Gasteiger partial charge is 0.251 e. The molecule has 0 aromatic heterocycles. The predicted octanol–water partition coefficient (Wildman–Crippen LogP) is 1.30. The zero-order chi connectivity index (χ0) is 14.2. The Labute approximate surface area is 125 Å². The van der Waals surface area contributed by atoms with Gasteiger partial charge in [0.25, 0.3) is 5.91 Å². The van der Waals surface area contributed by atoms with Gasteiger partial charge in [-0.3, -0.25) is 9.69 Å². The van der Waals surface area contributed by atoms with E-state index in [-0.39, 0.29) is 5.91 Å². The van der Waals surface area contributed by atoms with Gasteiger partial charge in [-0.1, -0.05) is 6.07 Å². The first kappa shape index (κ1) is 13.3. The molecule has 2 saturated heterocycles. The molecular weight excluding hydrogens is 262 g/mol. The maximum atomic E-state index is 12.5. The van der Waals surface area contributed by atoms with Gasteiger partial charge >= 0.3 is 0 Å². The molecule has 21 heavy (non-hydrogen) atoms. The molecule has 1 aromatic carbocycles. The Bertz CT molecular complexity index is 557. The van der Waals surface area contributed by atoms with E-state index in [4.69, 9.17) is 0 Å². The molecule has 2 fully saturated rings. The first-order chi connectivity index (χ1) is 10.3. The zero-order valence-electron chi connectivity index (χ0n) is 12.4. The number of nitrogens with one attached hydrogen (secondary N) is 2. The van der Waals surface area contributed by atoms with E-state index in [9.17, 15) is 4.79 Å². The summed E-state index contributed by atoms with van der Waals surface area (Å²) in [5.74, 6) is 0.0992. The van der Waals surface area contributed by atoms with Crippen molar-refractivity contribution in [2.24, 2.45) is 0 Å². The zero-order valence-corrected chi connectivity index (χ0v) is 12.4. The molecule has 1 amide bonds. The first-order valence-corrected chi connectivity index (χ1v) is 8.19. The molecule has 0 saturated carbocycles. The highest BCUT2D eigenvalue weighted by atomic mass is 16.1. The number of carbonyl (C=O) groups excluding carboxylic acids is 1. The van der Waals surface area contributed by atoms with Crippen molar-refractivity contribution in [2.75, 3.05) is 19.6 Å². The van der Waals surface area contributed by atoms with Gasteiger partial charge in [0.2, 0.25) is 0 Å². The fourth-order valence-electron chi connectivity index (χ4n) is 4.12. The highest BCUT2D eigenvalue weighted by Crippen LogP contribution is 2.28. The second-order valence-electron chi connectivity index (χ2n) is 6.52. The van der Waals surface area contributed by atoms with E-state index in [2.05, 4.69) is 27.7 Å². The maximum absolute atomic E-state index is 12.5. The lowest BCUT2D eigenvalue weighted by atomic mass is 9.98. The Kier molecular flexibility index (Phi) is 3.43. The van der Waals surface area contributed by atoms with Crippen LogP contribution in [0.2, 0.25) is 0 Å². The summed E-state index contributed by atoms with van der Waals surface area (Å²) in [5, 5.41) is 6.64. The largest absolute Gasteiger partial charge is 0.348 e. The van der Waals surface area contributed by atoms with Gasteiger partial charge < -0.3 is 10.6 Å². The lowest BCUT2D eigenvalue weighted by molar-refractivity contribution is 0.0929. The Morgan fingerprint density at radius 3 is 3.14 bits per heavy atom. The minimum absolute atomic E-state index is 0.0992. The van der Waals surface area contributed by atoms with Crippen LogP contribution in [-0.4, -0.2) is 42.5 Å². The quantitative estimate of drug-likeness (QED) is 0.861. The van der Waals surface area contributed by atoms with Crippen LogP contribution in [0.25, 0.3) is 0 Å². The van der Waals surface area contributed by atoms with Crippen LogP contribution in [0, 0.1) is 0 Å². The lowest BCUT2D eigenvalue weighted by Gasteiger charge is -2.22. The fourth-order valence-corrected chi connectivity index (χ4v) is 4.12. The molecule has 4 heteroatoms. The van der Waals surface area contributed by atoms with Gasteiger partial charge in [-0.25, -0.2) is 0 Å². The van der Waals surface area contributed by atoms with E-state index in [1.165, 1.54) is 30.5 Å². The van der Waals surface area contributed by atoms with E-state index in [0.29, 0.717) is 12.1 Å². The van der Waals surface area contributed by atoms with Crippen LogP contribution in [0.4, 0.5) is 0 Å². The van der Waals surface area contributed by atoms with Gasteiger partial charge in [-0.2, -0.15) is 0 Å². The molecule has 3 aliphatic heterocycles. The molecule has 1 aromatic rings. The van der Waals surface area contributed by atoms with Crippen molar-refractivity contribution in [3.8, 4) is 0 Å². The molecule has 4 rings (SSSR count). The highest BCUT2D eigenvalue weighted by molar-refractivity contribution is 5.94. The monoisotopic (exact) mass is 285 g/mol. The van der Waals surface area contributed by atoms with Crippen LogP contribution in [-0.2, 0) is 13.0 Å². The van der Waals surface area contributed by atoms with E-state index >= 15 is 0 Å². The Morgan fingerprint density at radius 2 is 2.19 bits per heavy atom. The van der Waals surface area contributed by atoms with Crippen LogP contribution in [0.5, 0.6) is 0 Å². The third-order valence-electron chi connectivity index (χ3n) is 5.28. The fraction of sp³-hybridized carbons (Fsp3) is 0.588. The molecule has 0 bridgehead atoms. The molecule has 2 unspecified atom stereocenters. The van der Waals surface area contributed by atoms with Crippen molar-refractivity contribution in [1.82, 2.24) is 15.5 Å². The summed E-state index contributed by atoms with van der Waals surface area (Å²) in [6, 6.07) is 7.10. The summed E-state index contributed by atoms with van der Waals surface area (Å²) in [6.45, 7) is 4.28. The Balaban J connectivity index is 1.47. The molecule has 3 aliphatic rings. The minimum atomic E-state index is 0.0992. The van der Waals surface area contributed by atoms with Crippen molar-refractivity contribution in [3.05, 3.63) is 34.9 Å². The van der Waals surface area contributed by atoms with Gasteiger partial charge in [-0.15, -0.1) is 0 Å². The molecule has 4 nitrogen and oxygen atoms in total. The van der Waals surface area contributed by atoms with Gasteiger partial charge in [0.05, 0.1) is 0 Å². The number of rotatable bonds is 2. The number of fused-ring (bicyclic) bond motifs is 2. The van der Waals surface area contributed by atoms with Crippen LogP contribution in [0.3, 0.4) is 0 Å². The molecular formula is C17H23N3O. The average molecular weight is 285 g/mol. The third-order valence-corrected chi connectivity index (χ3v) is 5.28. The molecule has 0 aliphatic carbocycles. The average Bonchev–Trinajstić information content (AvgIpc) is 3.12. The van der Waals surface area contributed by atoms with E-state index < -0.39 is 0 Å². The standard InChI is InChI=1S/C17H23N3O/c21-17(19-15-6-9-20-8-1-2-16(15)20)13-4-3-12-5-7-18-11-14(12)10-13/h3-4,10,15-16,18H,1-2,5-9,11H2,(H,19,21). The van der Waals surface area contributed by atoms with Gasteiger partial charge in [0.1, 0.15) is 0 Å². The Morgan fingerprint density at radius 1 is 1.24 bits per heavy atom. The van der Waals surface area contributed by atoms with E-state index in [0.717, 1.165) is 38.0 Å². The second-order valence-corrected chi connectivity index (χ2v) is 6.52. The lowest BCUT2D eigenvalue weighted by Crippen LogP contribution is -2.42. The summed E-state index contributed by atoms with van der Waals surface area (Å²) in [4.78, 5) is 15.1. The van der Waals surface area contributed by atoms with E-state index in [1.807, 2.05) is 6.07 Å². The Hall–Kier alpha value is -1.39. The maximum Gasteiger partial charge on any atom is 0.251 e. The van der Waals surface area contributed by atoms with Crippen LogP contribution in [0.15, 0.2) is 18.2 Å². The van der Waals surface area contributed by atoms with Gasteiger partial charge in [-0.05, 0) is 62.0 Å². The number of hydrogen-bond acceptors (Lipinski definition) is 3. The summed E-state index contributed by atoms with van der Waals surface area (Å²) < 4.78 is 0. The van der Waals surface area contributed by atoms with Crippen LogP contribution in [0.1, 0.15) is 40.7 Å².